The molecule has 0 aromatic rings. The summed E-state index contributed by atoms with van der Waals surface area (Å²) in [4.78, 5) is 39.5. The van der Waals surface area contributed by atoms with Crippen LogP contribution >= 0.6 is 0 Å². The van der Waals surface area contributed by atoms with E-state index in [0.717, 1.165) is 31.3 Å². The number of nitriles is 1. The zero-order chi connectivity index (χ0) is 30.6. The van der Waals surface area contributed by atoms with Crippen LogP contribution in [0.25, 0.3) is 0 Å². The van der Waals surface area contributed by atoms with E-state index in [-0.39, 0.29) is 34.7 Å². The number of hydrogen-bond acceptors (Lipinski definition) is 5. The Balaban J connectivity index is 1.51. The molecule has 8 atom stereocenters. The van der Waals surface area contributed by atoms with Gasteiger partial charge in [0, 0.05) is 29.7 Å². The first-order valence-corrected chi connectivity index (χ1v) is 15.3. The molecule has 1 heterocycles. The maximum atomic E-state index is 14.1. The highest BCUT2D eigenvalue weighted by molar-refractivity contribution is 5.99. The molecule has 5 aliphatic rings. The largest absolute Gasteiger partial charge is 0.345 e. The third kappa shape index (κ3) is 4.11. The number of nitrogens with zero attached hydrogens (tertiary/aromatic N) is 1. The van der Waals surface area contributed by atoms with Crippen molar-refractivity contribution < 1.29 is 27.9 Å². The minimum Gasteiger partial charge on any atom is -0.345 e. The summed E-state index contributed by atoms with van der Waals surface area (Å²) in [5.41, 5.74) is -2.78. The van der Waals surface area contributed by atoms with Gasteiger partial charge in [0.15, 0.2) is 11.6 Å². The zero-order valence-corrected chi connectivity index (χ0v) is 25.9. The SMILES string of the molecule is CC1C(=O)C=C2[C@@]3(C)[C@H]4O[C@@]4(C#N)C(=O)[C@@H](C)[C@@H]3CC[C@@]2(C)[C@]1(C)CCC1(NC(=O)C(C)(F)F)CCC(C)(C)CC1. The van der Waals surface area contributed by atoms with E-state index in [2.05, 4.69) is 46.0 Å². The van der Waals surface area contributed by atoms with E-state index in [1.54, 1.807) is 6.08 Å². The Morgan fingerprint density at radius 1 is 1.07 bits per heavy atom. The average molecular weight is 573 g/mol. The highest BCUT2D eigenvalue weighted by atomic mass is 19.3. The molecule has 4 aliphatic carbocycles. The normalized spacial score (nSPS) is 44.5. The highest BCUT2D eigenvalue weighted by Gasteiger charge is 2.79. The van der Waals surface area contributed by atoms with Crippen LogP contribution in [0.1, 0.15) is 107 Å². The fraction of sp³-hybridized carbons (Fsp3) is 0.818. The Morgan fingerprint density at radius 3 is 2.24 bits per heavy atom. The number of allylic oxidation sites excluding steroid dienone is 1. The molecule has 0 aromatic heterocycles. The van der Waals surface area contributed by atoms with Gasteiger partial charge in [-0.05, 0) is 79.6 Å². The van der Waals surface area contributed by atoms with E-state index in [9.17, 15) is 28.4 Å². The number of carbonyl (C=O) groups excluding carboxylic acids is 3. The van der Waals surface area contributed by atoms with Crippen LogP contribution in [-0.2, 0) is 19.1 Å². The van der Waals surface area contributed by atoms with Crippen LogP contribution in [0.3, 0.4) is 0 Å². The monoisotopic (exact) mass is 572 g/mol. The molecule has 0 aromatic carbocycles. The van der Waals surface area contributed by atoms with Crippen LogP contribution in [0.15, 0.2) is 11.6 Å². The van der Waals surface area contributed by atoms with Gasteiger partial charge in [0.05, 0.1) is 0 Å². The van der Waals surface area contributed by atoms with E-state index in [4.69, 9.17) is 4.74 Å². The number of nitrogens with one attached hydrogen (secondary N) is 1. The van der Waals surface area contributed by atoms with Crippen molar-refractivity contribution in [2.45, 2.75) is 130 Å². The Kier molecular flexibility index (Phi) is 6.61. The maximum absolute atomic E-state index is 14.1. The Morgan fingerprint density at radius 2 is 1.68 bits per heavy atom. The van der Waals surface area contributed by atoms with Crippen molar-refractivity contribution in [3.05, 3.63) is 11.6 Å². The van der Waals surface area contributed by atoms with Crippen molar-refractivity contribution >= 4 is 17.5 Å². The number of carbonyl (C=O) groups is 3. The van der Waals surface area contributed by atoms with Crippen LogP contribution in [0.5, 0.6) is 0 Å². The second-order valence-corrected chi connectivity index (χ2v) is 15.6. The summed E-state index contributed by atoms with van der Waals surface area (Å²) in [5, 5.41) is 12.8. The number of halogens is 2. The number of ketones is 2. The van der Waals surface area contributed by atoms with Gasteiger partial charge in [-0.25, -0.2) is 0 Å². The molecule has 3 saturated carbocycles. The number of alkyl halides is 2. The molecule has 0 spiro atoms. The molecule has 5 rings (SSSR count). The lowest BCUT2D eigenvalue weighted by Gasteiger charge is -2.63. The molecule has 41 heavy (non-hydrogen) atoms. The number of ether oxygens (including phenoxy) is 1. The topological polar surface area (TPSA) is 99.6 Å². The van der Waals surface area contributed by atoms with Crippen LogP contribution in [0.4, 0.5) is 8.78 Å². The van der Waals surface area contributed by atoms with Gasteiger partial charge in [-0.1, -0.05) is 54.0 Å². The highest BCUT2D eigenvalue weighted by Crippen LogP contribution is 2.73. The van der Waals surface area contributed by atoms with Gasteiger partial charge in [-0.3, -0.25) is 14.4 Å². The molecule has 1 unspecified atom stereocenters. The fourth-order valence-electron chi connectivity index (χ4n) is 9.47. The van der Waals surface area contributed by atoms with Gasteiger partial charge in [-0.15, -0.1) is 0 Å². The van der Waals surface area contributed by atoms with Gasteiger partial charge in [0.25, 0.3) is 5.91 Å². The second kappa shape index (κ2) is 8.94. The van der Waals surface area contributed by atoms with Crippen LogP contribution in [0, 0.1) is 50.7 Å². The third-order valence-electron chi connectivity index (χ3n) is 13.0. The predicted octanol–water partition coefficient (Wildman–Crippen LogP) is 6.33. The molecule has 8 heteroatoms. The maximum Gasteiger partial charge on any atom is 0.321 e. The van der Waals surface area contributed by atoms with Crippen LogP contribution in [-0.4, -0.2) is 40.6 Å². The molecule has 6 nitrogen and oxygen atoms in total. The Hall–Kier alpha value is -2.14. The van der Waals surface area contributed by atoms with Crippen LogP contribution < -0.4 is 5.32 Å². The molecule has 226 valence electrons. The van der Waals surface area contributed by atoms with Gasteiger partial charge < -0.3 is 10.1 Å². The summed E-state index contributed by atoms with van der Waals surface area (Å²) in [6.45, 7) is 15.3. The minimum absolute atomic E-state index is 0.0116. The van der Waals surface area contributed by atoms with E-state index in [0.29, 0.717) is 32.6 Å². The summed E-state index contributed by atoms with van der Waals surface area (Å²) < 4.78 is 34.2. The van der Waals surface area contributed by atoms with E-state index in [1.165, 1.54) is 0 Å². The standard InChI is InChI=1S/C33H46F2N2O4/c1-19-21-9-10-29(6)23(30(21,7)25-33(18-36,41-25)24(19)39)17-22(38)20(2)28(29,5)13-16-32(37-26(40)31(8,34)35)14-11-27(3,4)12-15-32/h17,19-21,25H,9-16H2,1-8H3,(H,37,40)/t19-,20?,21-,25+,28+,29+,30-,33-/m0/s1. The average Bonchev–Trinajstić information content (AvgIpc) is 3.65. The molecule has 1 N–H and O–H groups in total. The molecule has 1 aliphatic heterocycles. The van der Waals surface area contributed by atoms with Crippen molar-refractivity contribution in [1.29, 1.82) is 5.26 Å². The van der Waals surface area contributed by atoms with Gasteiger partial charge in [0.2, 0.25) is 5.60 Å². The molecular weight excluding hydrogens is 526 g/mol. The van der Waals surface area contributed by atoms with E-state index >= 15 is 0 Å². The summed E-state index contributed by atoms with van der Waals surface area (Å²) in [6, 6.07) is 2.17. The second-order valence-electron chi connectivity index (χ2n) is 15.6. The van der Waals surface area contributed by atoms with Crippen molar-refractivity contribution in [3.8, 4) is 6.07 Å². The quantitative estimate of drug-likeness (QED) is 0.388. The molecule has 1 saturated heterocycles. The third-order valence-corrected chi connectivity index (χ3v) is 13.0. The lowest BCUT2D eigenvalue weighted by Crippen LogP contribution is -2.62. The lowest BCUT2D eigenvalue weighted by molar-refractivity contribution is -0.147. The van der Waals surface area contributed by atoms with Crippen molar-refractivity contribution in [3.63, 3.8) is 0 Å². The van der Waals surface area contributed by atoms with Gasteiger partial charge in [0.1, 0.15) is 12.2 Å². The van der Waals surface area contributed by atoms with Crippen molar-refractivity contribution in [2.75, 3.05) is 0 Å². The number of Topliss-reactive ketones (excluding diaryl/α,β-unsaturated/α-hetero) is 1. The lowest BCUT2D eigenvalue weighted by atomic mass is 9.39. The van der Waals surface area contributed by atoms with Crippen LogP contribution in [0.2, 0.25) is 0 Å². The summed E-state index contributed by atoms with van der Waals surface area (Å²) >= 11 is 0. The summed E-state index contributed by atoms with van der Waals surface area (Å²) in [7, 11) is 0. The molecular formula is C33H46F2N2O4. The Bertz CT molecular complexity index is 1250. The van der Waals surface area contributed by atoms with Gasteiger partial charge in [-0.2, -0.15) is 14.0 Å². The van der Waals surface area contributed by atoms with Crippen molar-refractivity contribution in [1.82, 2.24) is 5.32 Å². The minimum atomic E-state index is -3.47. The number of amides is 1. The predicted molar refractivity (Wildman–Crippen MR) is 150 cm³/mol. The van der Waals surface area contributed by atoms with E-state index < -0.39 is 45.3 Å². The van der Waals surface area contributed by atoms with Gasteiger partial charge >= 0.3 is 5.92 Å². The first-order valence-electron chi connectivity index (χ1n) is 15.3. The van der Waals surface area contributed by atoms with Crippen molar-refractivity contribution in [2.24, 2.45) is 39.4 Å². The Labute approximate surface area is 243 Å². The number of rotatable bonds is 5. The number of epoxide rings is 1. The molecule has 0 radical (unpaired) electrons. The summed E-state index contributed by atoms with van der Waals surface area (Å²) in [6.07, 6.45) is 6.68. The number of hydrogen-bond donors (Lipinski definition) is 1. The zero-order valence-electron chi connectivity index (χ0n) is 25.9. The summed E-state index contributed by atoms with van der Waals surface area (Å²) in [5.74, 6) is -5.57. The molecule has 0 bridgehead atoms. The first kappa shape index (κ1) is 30.3. The van der Waals surface area contributed by atoms with E-state index in [1.807, 2.05) is 13.8 Å². The fourth-order valence-corrected chi connectivity index (χ4v) is 9.47. The molecule has 1 amide bonds. The first-order chi connectivity index (χ1) is 18.7. The smallest absolute Gasteiger partial charge is 0.321 e. The molecule has 4 fully saturated rings. The number of fused-ring (bicyclic) bond motifs is 5.